The fourth-order valence-electron chi connectivity index (χ4n) is 3.49. The van der Waals surface area contributed by atoms with Gasteiger partial charge in [-0.2, -0.15) is 0 Å². The number of fused-ring (bicyclic) bond motifs is 1. The molecule has 1 aromatic carbocycles. The standard InChI is InChI=1S/C19H21F3N8O2/c1-2-30-18-16(26-27-30)17(23-12-24-18)29-9-7-28(8-10-29)11-15(31)25-13-3-5-14(6-4-13)32-19(20,21)22/h3-6,12H,2,7-11H2,1H3,(H,25,31). The van der Waals surface area contributed by atoms with E-state index in [1.165, 1.54) is 18.5 Å². The van der Waals surface area contributed by atoms with Crippen molar-refractivity contribution >= 4 is 28.6 Å². The molecule has 2 aromatic heterocycles. The zero-order chi connectivity index (χ0) is 22.7. The molecular weight excluding hydrogens is 429 g/mol. The van der Waals surface area contributed by atoms with Crippen molar-refractivity contribution in [2.24, 2.45) is 0 Å². The quantitative estimate of drug-likeness (QED) is 0.608. The number of carbonyl (C=O) groups is 1. The van der Waals surface area contributed by atoms with Crippen LogP contribution in [0.2, 0.25) is 0 Å². The number of amides is 1. The number of benzene rings is 1. The van der Waals surface area contributed by atoms with E-state index in [9.17, 15) is 18.0 Å². The summed E-state index contributed by atoms with van der Waals surface area (Å²) in [5.41, 5.74) is 1.73. The number of piperazine rings is 1. The number of hydrogen-bond donors (Lipinski definition) is 1. The van der Waals surface area contributed by atoms with Gasteiger partial charge in [-0.25, -0.2) is 14.6 Å². The first-order valence-electron chi connectivity index (χ1n) is 9.99. The van der Waals surface area contributed by atoms with Crippen molar-refractivity contribution in [1.82, 2.24) is 29.9 Å². The largest absolute Gasteiger partial charge is 0.573 e. The number of hydrogen-bond acceptors (Lipinski definition) is 8. The second-order valence-corrected chi connectivity index (χ2v) is 7.16. The third-order valence-electron chi connectivity index (χ3n) is 4.99. The number of carbonyl (C=O) groups excluding carboxylic acids is 1. The number of alkyl halides is 3. The number of aromatic nitrogens is 5. The molecule has 3 heterocycles. The molecule has 1 N–H and O–H groups in total. The van der Waals surface area contributed by atoms with E-state index in [2.05, 4.69) is 35.2 Å². The molecule has 0 saturated carbocycles. The van der Waals surface area contributed by atoms with E-state index in [0.717, 1.165) is 18.0 Å². The van der Waals surface area contributed by atoms with Gasteiger partial charge in [0, 0.05) is 38.4 Å². The van der Waals surface area contributed by atoms with E-state index < -0.39 is 6.36 Å². The maximum atomic E-state index is 12.3. The van der Waals surface area contributed by atoms with Crippen molar-refractivity contribution in [2.45, 2.75) is 19.8 Å². The van der Waals surface area contributed by atoms with E-state index >= 15 is 0 Å². The molecule has 1 aliphatic rings. The van der Waals surface area contributed by atoms with Gasteiger partial charge in [0.05, 0.1) is 6.54 Å². The maximum Gasteiger partial charge on any atom is 0.573 e. The van der Waals surface area contributed by atoms with Crippen LogP contribution in [0.5, 0.6) is 5.75 Å². The topological polar surface area (TPSA) is 101 Å². The van der Waals surface area contributed by atoms with Crippen LogP contribution in [-0.4, -0.2) is 74.9 Å². The van der Waals surface area contributed by atoms with Crippen LogP contribution in [0.1, 0.15) is 6.92 Å². The lowest BCUT2D eigenvalue weighted by molar-refractivity contribution is -0.274. The van der Waals surface area contributed by atoms with Gasteiger partial charge in [0.2, 0.25) is 5.91 Å². The zero-order valence-corrected chi connectivity index (χ0v) is 17.2. The highest BCUT2D eigenvalue weighted by Gasteiger charge is 2.31. The van der Waals surface area contributed by atoms with Crippen LogP contribution >= 0.6 is 0 Å². The Kier molecular flexibility index (Phi) is 6.08. The molecule has 32 heavy (non-hydrogen) atoms. The number of nitrogens with zero attached hydrogens (tertiary/aromatic N) is 7. The first kappa shape index (κ1) is 21.7. The van der Waals surface area contributed by atoms with E-state index in [1.54, 1.807) is 4.68 Å². The lowest BCUT2D eigenvalue weighted by Crippen LogP contribution is -2.49. The molecule has 1 fully saturated rings. The molecule has 0 spiro atoms. The normalized spacial score (nSPS) is 15.2. The van der Waals surface area contributed by atoms with Gasteiger partial charge < -0.3 is 15.0 Å². The maximum absolute atomic E-state index is 12.3. The number of anilines is 2. The van der Waals surface area contributed by atoms with Gasteiger partial charge in [0.25, 0.3) is 0 Å². The van der Waals surface area contributed by atoms with E-state index in [0.29, 0.717) is 49.6 Å². The first-order valence-corrected chi connectivity index (χ1v) is 9.99. The highest BCUT2D eigenvalue weighted by atomic mass is 19.4. The fraction of sp³-hybridized carbons (Fsp3) is 0.421. The van der Waals surface area contributed by atoms with Crippen molar-refractivity contribution in [3.8, 4) is 5.75 Å². The van der Waals surface area contributed by atoms with E-state index in [1.807, 2.05) is 11.8 Å². The Morgan fingerprint density at radius 3 is 2.50 bits per heavy atom. The van der Waals surface area contributed by atoms with E-state index in [-0.39, 0.29) is 18.2 Å². The van der Waals surface area contributed by atoms with Crippen molar-refractivity contribution in [1.29, 1.82) is 0 Å². The summed E-state index contributed by atoms with van der Waals surface area (Å²) in [4.78, 5) is 25.0. The smallest absolute Gasteiger partial charge is 0.406 e. The van der Waals surface area contributed by atoms with Gasteiger partial charge in [-0.15, -0.1) is 18.3 Å². The molecule has 4 rings (SSSR count). The summed E-state index contributed by atoms with van der Waals surface area (Å²) in [5, 5.41) is 11.0. The Bertz CT molecular complexity index is 1080. The number of ether oxygens (including phenoxy) is 1. The Hall–Kier alpha value is -3.48. The summed E-state index contributed by atoms with van der Waals surface area (Å²) >= 11 is 0. The fourth-order valence-corrected chi connectivity index (χ4v) is 3.49. The average molecular weight is 450 g/mol. The summed E-state index contributed by atoms with van der Waals surface area (Å²) in [6.07, 6.45) is -3.25. The van der Waals surface area contributed by atoms with Crippen LogP contribution in [0.3, 0.4) is 0 Å². The number of halogens is 3. The van der Waals surface area contributed by atoms with Gasteiger partial charge in [-0.3, -0.25) is 9.69 Å². The number of rotatable bonds is 6. The average Bonchev–Trinajstić information content (AvgIpc) is 3.18. The Morgan fingerprint density at radius 1 is 1.12 bits per heavy atom. The minimum absolute atomic E-state index is 0.167. The van der Waals surface area contributed by atoms with Gasteiger partial charge in [0.15, 0.2) is 17.0 Å². The minimum atomic E-state index is -4.75. The highest BCUT2D eigenvalue weighted by Crippen LogP contribution is 2.24. The van der Waals surface area contributed by atoms with Crippen molar-refractivity contribution in [2.75, 3.05) is 42.9 Å². The Labute approximate surface area is 181 Å². The molecule has 13 heteroatoms. The SMILES string of the molecule is CCn1nnc2c(N3CCN(CC(=O)Nc4ccc(OC(F)(F)F)cc4)CC3)ncnc21. The lowest BCUT2D eigenvalue weighted by atomic mass is 10.2. The molecule has 0 radical (unpaired) electrons. The van der Waals surface area contributed by atoms with Gasteiger partial charge >= 0.3 is 6.36 Å². The molecule has 1 amide bonds. The van der Waals surface area contributed by atoms with Crippen LogP contribution in [0.15, 0.2) is 30.6 Å². The van der Waals surface area contributed by atoms with Crippen molar-refractivity contribution in [3.63, 3.8) is 0 Å². The Morgan fingerprint density at radius 2 is 1.84 bits per heavy atom. The summed E-state index contributed by atoms with van der Waals surface area (Å²) in [7, 11) is 0. The van der Waals surface area contributed by atoms with E-state index in [4.69, 9.17) is 0 Å². The van der Waals surface area contributed by atoms with Crippen LogP contribution in [0.4, 0.5) is 24.7 Å². The third kappa shape index (κ3) is 5.04. The molecule has 0 unspecified atom stereocenters. The summed E-state index contributed by atoms with van der Waals surface area (Å²) in [6.45, 7) is 5.38. The molecule has 0 bridgehead atoms. The first-order chi connectivity index (χ1) is 15.3. The van der Waals surface area contributed by atoms with Crippen LogP contribution < -0.4 is 15.0 Å². The van der Waals surface area contributed by atoms with Crippen LogP contribution in [0, 0.1) is 0 Å². The predicted octanol–water partition coefficient (Wildman–Crippen LogP) is 1.90. The molecule has 1 saturated heterocycles. The predicted molar refractivity (Wildman–Crippen MR) is 109 cm³/mol. The lowest BCUT2D eigenvalue weighted by Gasteiger charge is -2.34. The minimum Gasteiger partial charge on any atom is -0.406 e. The van der Waals surface area contributed by atoms with Crippen molar-refractivity contribution in [3.05, 3.63) is 30.6 Å². The molecule has 0 atom stereocenters. The number of nitrogens with one attached hydrogen (secondary N) is 1. The third-order valence-corrected chi connectivity index (χ3v) is 4.99. The molecule has 3 aromatic rings. The molecular formula is C19H21F3N8O2. The Balaban J connectivity index is 1.30. The second-order valence-electron chi connectivity index (χ2n) is 7.16. The summed E-state index contributed by atoms with van der Waals surface area (Å²) in [5.74, 6) is 0.127. The monoisotopic (exact) mass is 450 g/mol. The van der Waals surface area contributed by atoms with Crippen molar-refractivity contribution < 1.29 is 22.7 Å². The second kappa shape index (κ2) is 8.94. The summed E-state index contributed by atoms with van der Waals surface area (Å²) < 4.78 is 42.2. The number of aryl methyl sites for hydroxylation is 1. The van der Waals surface area contributed by atoms with Crippen LogP contribution in [-0.2, 0) is 11.3 Å². The molecule has 0 aliphatic carbocycles. The van der Waals surface area contributed by atoms with Crippen LogP contribution in [0.25, 0.3) is 11.2 Å². The van der Waals surface area contributed by atoms with Gasteiger partial charge in [0.1, 0.15) is 12.1 Å². The summed E-state index contributed by atoms with van der Waals surface area (Å²) in [6, 6.07) is 5.03. The molecule has 170 valence electrons. The zero-order valence-electron chi connectivity index (χ0n) is 17.2. The molecule has 1 aliphatic heterocycles. The highest BCUT2D eigenvalue weighted by molar-refractivity contribution is 5.92. The van der Waals surface area contributed by atoms with Gasteiger partial charge in [-0.05, 0) is 31.2 Å². The van der Waals surface area contributed by atoms with Gasteiger partial charge in [-0.1, -0.05) is 5.21 Å². The molecule has 10 nitrogen and oxygen atoms in total.